The van der Waals surface area contributed by atoms with E-state index in [1.54, 1.807) is 40.4 Å². The molecule has 0 aliphatic carbocycles. The lowest BCUT2D eigenvalue weighted by Crippen LogP contribution is -2.32. The number of aromatic nitrogens is 13. The summed E-state index contributed by atoms with van der Waals surface area (Å²) in [5.74, 6) is -0.338. The number of pyridine rings is 1. The minimum absolute atomic E-state index is 0.251. The average Bonchev–Trinajstić information content (AvgIpc) is 2.39. The molecule has 444 valence electrons. The van der Waals surface area contributed by atoms with Gasteiger partial charge < -0.3 is 23.9 Å². The molecule has 20 heteroatoms. The Morgan fingerprint density at radius 3 is 1.46 bits per heavy atom. The van der Waals surface area contributed by atoms with Crippen LogP contribution in [-0.2, 0) is 0 Å². The molecule has 0 saturated carbocycles. The summed E-state index contributed by atoms with van der Waals surface area (Å²) < 4.78 is 64.8. The second kappa shape index (κ2) is 24.2. The van der Waals surface area contributed by atoms with Crippen LogP contribution in [0.5, 0.6) is 0 Å². The van der Waals surface area contributed by atoms with E-state index < -0.39 is 5.82 Å². The highest BCUT2D eigenvalue weighted by Crippen LogP contribution is 2.35. The van der Waals surface area contributed by atoms with E-state index in [-0.39, 0.29) is 23.1 Å². The molecule has 12 heterocycles. The van der Waals surface area contributed by atoms with Crippen LogP contribution in [0.2, 0.25) is 0 Å². The third kappa shape index (κ3) is 12.0. The van der Waals surface area contributed by atoms with Crippen LogP contribution in [0.3, 0.4) is 0 Å². The highest BCUT2D eigenvalue weighted by atomic mass is 19.1. The lowest BCUT2D eigenvalue weighted by atomic mass is 9.92. The molecule has 9 aromatic heterocycles. The number of nitrogens with one attached hydrogen (secondary N) is 1. The largest absolute Gasteiger partial charge is 0.320 e. The third-order valence-electron chi connectivity index (χ3n) is 17.6. The number of rotatable bonds is 8. The minimum Gasteiger partial charge on any atom is -0.320 e. The van der Waals surface area contributed by atoms with E-state index in [2.05, 4.69) is 79.6 Å². The van der Waals surface area contributed by atoms with Gasteiger partial charge in [-0.25, -0.2) is 32.0 Å². The lowest BCUT2D eigenvalue weighted by Gasteiger charge is -2.30. The van der Waals surface area contributed by atoms with Gasteiger partial charge in [-0.05, 0) is 209 Å². The number of nitrogens with zero attached hydrogens (tertiary/aromatic N) is 15. The van der Waals surface area contributed by atoms with Gasteiger partial charge in [0, 0.05) is 75.4 Å². The number of hydrogen-bond donors (Lipinski definition) is 1. The van der Waals surface area contributed by atoms with Crippen molar-refractivity contribution in [2.75, 3.05) is 52.4 Å². The molecule has 3 aliphatic heterocycles. The van der Waals surface area contributed by atoms with Crippen molar-refractivity contribution < 1.29 is 17.6 Å². The van der Waals surface area contributed by atoms with Gasteiger partial charge in [-0.15, -0.1) is 0 Å². The molecule has 3 saturated heterocycles. The predicted octanol–water partition coefficient (Wildman–Crippen LogP) is 12.9. The molecule has 0 spiro atoms. The molecule has 3 aromatic carbocycles. The minimum atomic E-state index is -0.444. The SMILES string of the molecule is CCN1CCC(c2cc3c(F)cc(-c4cc(F)c5nc(C)cn5c4)cc3nn2)CC1.CCN1CCC(c2cc3c(F)cc(-c4ccc5nc(C)cn5n4)cc3nn2)CC1.Cc1cn2cc(-c3cc(F)c4cc(C5CCNCC5)nnc4c3)cc2c(C)n1. The van der Waals surface area contributed by atoms with Crippen molar-refractivity contribution in [3.8, 4) is 33.5 Å². The molecule has 1 N–H and O–H groups in total. The summed E-state index contributed by atoms with van der Waals surface area (Å²) in [7, 11) is 0. The molecule has 3 aliphatic rings. The van der Waals surface area contributed by atoms with Gasteiger partial charge in [-0.1, -0.05) is 13.8 Å². The van der Waals surface area contributed by atoms with Crippen molar-refractivity contribution in [1.29, 1.82) is 0 Å². The zero-order chi connectivity index (χ0) is 60.0. The number of fused-ring (bicyclic) bond motifs is 6. The monoisotopic (exact) mass is 1170 g/mol. The summed E-state index contributed by atoms with van der Waals surface area (Å²) in [6, 6.07) is 22.9. The van der Waals surface area contributed by atoms with Crippen LogP contribution in [0.15, 0.2) is 110 Å². The highest BCUT2D eigenvalue weighted by Gasteiger charge is 2.25. The van der Waals surface area contributed by atoms with Crippen molar-refractivity contribution in [2.24, 2.45) is 0 Å². The van der Waals surface area contributed by atoms with Crippen LogP contribution >= 0.6 is 0 Å². The molecular weight excluding hydrogens is 1100 g/mol. The zero-order valence-electron chi connectivity index (χ0n) is 49.7. The van der Waals surface area contributed by atoms with Gasteiger partial charge in [0.2, 0.25) is 0 Å². The van der Waals surface area contributed by atoms with Gasteiger partial charge in [0.05, 0.1) is 73.8 Å². The fraction of sp³-hybridized carbons (Fsp3) is 0.343. The number of likely N-dealkylation sites (tertiary alicyclic amines) is 2. The summed E-state index contributed by atoms with van der Waals surface area (Å²) in [6.07, 6.45) is 15.5. The van der Waals surface area contributed by atoms with E-state index in [9.17, 15) is 13.2 Å². The van der Waals surface area contributed by atoms with Crippen molar-refractivity contribution in [2.45, 2.75) is 97.8 Å². The fourth-order valence-corrected chi connectivity index (χ4v) is 12.7. The van der Waals surface area contributed by atoms with Crippen molar-refractivity contribution in [3.05, 3.63) is 173 Å². The smallest absolute Gasteiger partial charge is 0.173 e. The van der Waals surface area contributed by atoms with Gasteiger partial charge in [0.25, 0.3) is 0 Å². The second-order valence-electron chi connectivity index (χ2n) is 23.5. The topological polar surface area (TPSA) is 161 Å². The number of imidazole rings is 2. The zero-order valence-corrected chi connectivity index (χ0v) is 49.7. The van der Waals surface area contributed by atoms with E-state index >= 15 is 4.39 Å². The molecule has 0 atom stereocenters. The first-order valence-corrected chi connectivity index (χ1v) is 30.2. The molecule has 3 fully saturated rings. The normalized spacial score (nSPS) is 15.9. The second-order valence-corrected chi connectivity index (χ2v) is 23.5. The molecule has 15 rings (SSSR count). The van der Waals surface area contributed by atoms with Crippen LogP contribution in [0.4, 0.5) is 17.6 Å². The Bertz CT molecular complexity index is 4530. The number of aryl methyl sites for hydroxylation is 4. The average molecular weight is 1170 g/mol. The summed E-state index contributed by atoms with van der Waals surface area (Å²) in [5, 5.41) is 35.7. The van der Waals surface area contributed by atoms with Crippen molar-refractivity contribution >= 4 is 49.5 Å². The first-order valence-electron chi connectivity index (χ1n) is 30.2. The Kier molecular flexibility index (Phi) is 16.0. The Morgan fingerprint density at radius 1 is 0.448 bits per heavy atom. The first-order chi connectivity index (χ1) is 42.2. The Hall–Kier alpha value is -8.72. The molecule has 0 amide bonds. The van der Waals surface area contributed by atoms with E-state index in [0.29, 0.717) is 72.8 Å². The molecule has 87 heavy (non-hydrogen) atoms. The van der Waals surface area contributed by atoms with E-state index in [0.717, 1.165) is 153 Å². The van der Waals surface area contributed by atoms with Crippen LogP contribution < -0.4 is 5.32 Å². The maximum Gasteiger partial charge on any atom is 0.173 e. The number of piperidine rings is 3. The quantitative estimate of drug-likeness (QED) is 0.143. The number of hydrogen-bond acceptors (Lipinski definition) is 13. The lowest BCUT2D eigenvalue weighted by molar-refractivity contribution is 0.220. The Labute approximate surface area is 500 Å². The van der Waals surface area contributed by atoms with Crippen molar-refractivity contribution in [3.63, 3.8) is 0 Å². The maximum absolute atomic E-state index is 15.0. The standard InChI is InChI=1S/C23H23F2N5.C22H23FN6.C22H22FN5/c1-3-29-6-4-15(5-7-29)21-11-18-19(24)8-16(10-22(18)28-27-21)17-9-20(25)23-26-14(2)12-30(23)13-17;1-3-28-8-6-15(7-9-28)20-12-17-18(23)10-16(11-21(17)26-25-20)19-4-5-22-24-14(2)13-29(22)27-19;1-13-11-28-12-17(9-22(28)14(2)25-13)16-7-19(23)18-10-20(26-27-21(18)8-16)15-3-5-24-6-4-15/h8-13,15H,3-7H2,1-2H3;4-5,10-13,15H,3,6-9H2,1-2H3;7-12,15,24H,3-6H2,1-2H3. The molecule has 12 aromatic rings. The Morgan fingerprint density at radius 2 is 0.908 bits per heavy atom. The summed E-state index contributed by atoms with van der Waals surface area (Å²) >= 11 is 0. The Balaban J connectivity index is 0.000000121. The van der Waals surface area contributed by atoms with E-state index in [4.69, 9.17) is 0 Å². The summed E-state index contributed by atoms with van der Waals surface area (Å²) in [6.45, 7) is 20.3. The van der Waals surface area contributed by atoms with Crippen LogP contribution in [-0.4, -0.2) is 126 Å². The third-order valence-corrected chi connectivity index (χ3v) is 17.6. The number of halogens is 4. The molecule has 16 nitrogen and oxygen atoms in total. The first kappa shape index (κ1) is 57.4. The fourth-order valence-electron chi connectivity index (χ4n) is 12.7. The van der Waals surface area contributed by atoms with Crippen LogP contribution in [0, 0.1) is 51.0 Å². The summed E-state index contributed by atoms with van der Waals surface area (Å²) in [4.78, 5) is 17.9. The molecule has 0 bridgehead atoms. The molecular formula is C67H68F4N16. The number of benzene rings is 3. The van der Waals surface area contributed by atoms with Crippen LogP contribution in [0.25, 0.3) is 83.0 Å². The maximum atomic E-state index is 15.0. The predicted molar refractivity (Wildman–Crippen MR) is 331 cm³/mol. The summed E-state index contributed by atoms with van der Waals surface area (Å²) in [5.41, 5.74) is 14.1. The van der Waals surface area contributed by atoms with Gasteiger partial charge >= 0.3 is 0 Å². The van der Waals surface area contributed by atoms with Gasteiger partial charge in [0.15, 0.2) is 17.1 Å². The van der Waals surface area contributed by atoms with Gasteiger partial charge in [-0.3, -0.25) is 4.98 Å². The van der Waals surface area contributed by atoms with Crippen LogP contribution in [0.1, 0.15) is 110 Å². The van der Waals surface area contributed by atoms with E-state index in [1.165, 1.54) is 18.2 Å². The van der Waals surface area contributed by atoms with E-state index in [1.807, 2.05) is 92.3 Å². The van der Waals surface area contributed by atoms with Gasteiger partial charge in [-0.2, -0.15) is 35.7 Å². The molecule has 0 radical (unpaired) electrons. The molecule has 0 unspecified atom stereocenters. The highest BCUT2D eigenvalue weighted by molar-refractivity contribution is 5.87. The van der Waals surface area contributed by atoms with Crippen molar-refractivity contribution in [1.82, 2.24) is 79.1 Å². The van der Waals surface area contributed by atoms with Gasteiger partial charge in [0.1, 0.15) is 17.5 Å².